The highest BCUT2D eigenvalue weighted by molar-refractivity contribution is 7.03. The average molecular weight is 211 g/mol. The summed E-state index contributed by atoms with van der Waals surface area (Å²) in [6.45, 7) is 0. The van der Waals surface area contributed by atoms with Crippen molar-refractivity contribution in [2.45, 2.75) is 0 Å². The lowest BCUT2D eigenvalue weighted by atomic mass is 10.0. The van der Waals surface area contributed by atoms with Crippen molar-refractivity contribution in [2.24, 2.45) is 0 Å². The van der Waals surface area contributed by atoms with E-state index in [4.69, 9.17) is 0 Å². The Labute approximate surface area is 92.2 Å². The van der Waals surface area contributed by atoms with Crippen molar-refractivity contribution in [3.05, 3.63) is 53.9 Å². The van der Waals surface area contributed by atoms with E-state index in [1.807, 2.05) is 5.38 Å². The number of hydrogen-bond acceptors (Lipinski definition) is 2. The van der Waals surface area contributed by atoms with Crippen molar-refractivity contribution in [2.75, 3.05) is 0 Å². The predicted molar refractivity (Wildman–Crippen MR) is 65.1 cm³/mol. The van der Waals surface area contributed by atoms with Crippen LogP contribution in [0.1, 0.15) is 0 Å². The topological polar surface area (TPSA) is 12.9 Å². The number of benzene rings is 2. The Morgan fingerprint density at radius 1 is 0.867 bits per heavy atom. The van der Waals surface area contributed by atoms with Crippen LogP contribution in [-0.2, 0) is 0 Å². The molecule has 2 heteroatoms. The van der Waals surface area contributed by atoms with E-state index < -0.39 is 0 Å². The number of aromatic nitrogens is 1. The quantitative estimate of drug-likeness (QED) is 0.593. The van der Waals surface area contributed by atoms with Crippen LogP contribution in [-0.4, -0.2) is 4.37 Å². The Balaban J connectivity index is 2.36. The molecule has 0 aliphatic carbocycles. The zero-order valence-electron chi connectivity index (χ0n) is 8.05. The monoisotopic (exact) mass is 211 g/mol. The maximum Gasteiger partial charge on any atom is 0.0846 e. The largest absolute Gasteiger partial charge is 0.193 e. The minimum absolute atomic E-state index is 1.07. The zero-order valence-corrected chi connectivity index (χ0v) is 8.87. The third-order valence-electron chi connectivity index (χ3n) is 2.50. The molecular weight excluding hydrogens is 202 g/mol. The van der Waals surface area contributed by atoms with Crippen molar-refractivity contribution in [3.8, 4) is 11.3 Å². The number of fused-ring (bicyclic) bond motifs is 1. The summed E-state index contributed by atoms with van der Waals surface area (Å²) in [6.07, 6.45) is 0. The normalized spacial score (nSPS) is 10.7. The van der Waals surface area contributed by atoms with Crippen molar-refractivity contribution in [1.29, 1.82) is 0 Å². The Hall–Kier alpha value is -1.67. The summed E-state index contributed by atoms with van der Waals surface area (Å²) in [5.74, 6) is 0. The van der Waals surface area contributed by atoms with Crippen molar-refractivity contribution in [3.63, 3.8) is 0 Å². The van der Waals surface area contributed by atoms with E-state index in [2.05, 4.69) is 52.9 Å². The van der Waals surface area contributed by atoms with Crippen LogP contribution >= 0.6 is 11.5 Å². The molecule has 0 bridgehead atoms. The van der Waals surface area contributed by atoms with Gasteiger partial charge in [-0.25, -0.2) is 0 Å². The fourth-order valence-corrected chi connectivity index (χ4v) is 2.32. The second-order valence-corrected chi connectivity index (χ2v) is 4.08. The van der Waals surface area contributed by atoms with Gasteiger partial charge in [0.15, 0.2) is 0 Å². The molecule has 0 saturated heterocycles. The molecule has 1 aromatic heterocycles. The summed E-state index contributed by atoms with van der Waals surface area (Å²) in [5, 5.41) is 4.55. The molecule has 0 amide bonds. The second-order valence-electron chi connectivity index (χ2n) is 3.41. The van der Waals surface area contributed by atoms with E-state index in [9.17, 15) is 0 Å². The van der Waals surface area contributed by atoms with E-state index in [-0.39, 0.29) is 0 Å². The molecule has 0 aliphatic heterocycles. The van der Waals surface area contributed by atoms with Crippen molar-refractivity contribution in [1.82, 2.24) is 4.37 Å². The number of rotatable bonds is 1. The molecule has 3 aromatic rings. The van der Waals surface area contributed by atoms with Gasteiger partial charge in [-0.1, -0.05) is 42.5 Å². The summed E-state index contributed by atoms with van der Waals surface area (Å²) in [6, 6.07) is 16.8. The van der Waals surface area contributed by atoms with Crippen LogP contribution in [0.15, 0.2) is 53.9 Å². The Morgan fingerprint density at radius 2 is 1.73 bits per heavy atom. The van der Waals surface area contributed by atoms with Gasteiger partial charge in [0, 0.05) is 10.9 Å². The van der Waals surface area contributed by atoms with Crippen LogP contribution in [0.25, 0.3) is 22.0 Å². The molecule has 0 N–H and O–H groups in total. The lowest BCUT2D eigenvalue weighted by molar-refractivity contribution is 1.55. The summed E-state index contributed by atoms with van der Waals surface area (Å²) < 4.78 is 4.38. The Kier molecular flexibility index (Phi) is 2.00. The molecule has 15 heavy (non-hydrogen) atoms. The minimum Gasteiger partial charge on any atom is -0.193 e. The SMILES string of the molecule is c1ccc2c(-c3ccsn3)cccc2c1. The van der Waals surface area contributed by atoms with E-state index in [1.54, 1.807) is 0 Å². The van der Waals surface area contributed by atoms with Gasteiger partial charge < -0.3 is 0 Å². The van der Waals surface area contributed by atoms with Crippen molar-refractivity contribution >= 4 is 22.3 Å². The molecule has 0 atom stereocenters. The fraction of sp³-hybridized carbons (Fsp3) is 0. The van der Waals surface area contributed by atoms with Gasteiger partial charge >= 0.3 is 0 Å². The van der Waals surface area contributed by atoms with Crippen LogP contribution in [0.3, 0.4) is 0 Å². The first-order chi connectivity index (χ1) is 7.45. The molecule has 0 unspecified atom stereocenters. The Morgan fingerprint density at radius 3 is 2.60 bits per heavy atom. The molecule has 0 fully saturated rings. The number of hydrogen-bond donors (Lipinski definition) is 0. The van der Waals surface area contributed by atoms with Gasteiger partial charge in [-0.15, -0.1) is 0 Å². The molecule has 72 valence electrons. The molecule has 1 nitrogen and oxygen atoms in total. The first-order valence-corrected chi connectivity index (χ1v) is 5.67. The molecule has 0 spiro atoms. The van der Waals surface area contributed by atoms with E-state index in [1.165, 1.54) is 27.9 Å². The third-order valence-corrected chi connectivity index (χ3v) is 3.06. The van der Waals surface area contributed by atoms with Crippen molar-refractivity contribution < 1.29 is 0 Å². The van der Waals surface area contributed by atoms with E-state index in [0.29, 0.717) is 0 Å². The summed E-state index contributed by atoms with van der Waals surface area (Å²) in [7, 11) is 0. The maximum atomic E-state index is 4.38. The summed E-state index contributed by atoms with van der Waals surface area (Å²) >= 11 is 1.49. The minimum atomic E-state index is 1.07. The van der Waals surface area contributed by atoms with Crippen LogP contribution in [0, 0.1) is 0 Å². The van der Waals surface area contributed by atoms with E-state index >= 15 is 0 Å². The van der Waals surface area contributed by atoms with Gasteiger partial charge in [0.25, 0.3) is 0 Å². The molecule has 2 aromatic carbocycles. The average Bonchev–Trinajstić information content (AvgIpc) is 2.82. The molecule has 3 rings (SSSR count). The zero-order chi connectivity index (χ0) is 10.1. The van der Waals surface area contributed by atoms with Gasteiger partial charge in [0.05, 0.1) is 5.69 Å². The maximum absolute atomic E-state index is 4.38. The van der Waals surface area contributed by atoms with Crippen LogP contribution < -0.4 is 0 Å². The molecule has 0 aliphatic rings. The smallest absolute Gasteiger partial charge is 0.0846 e. The molecular formula is C13H9NS. The molecule has 1 heterocycles. The highest BCUT2D eigenvalue weighted by atomic mass is 32.1. The standard InChI is InChI=1S/C13H9NS/c1-2-6-11-10(4-1)5-3-7-12(11)13-8-9-15-14-13/h1-9H. The second kappa shape index (κ2) is 3.48. The molecule has 0 saturated carbocycles. The van der Waals surface area contributed by atoms with Gasteiger partial charge in [-0.05, 0) is 28.4 Å². The lowest BCUT2D eigenvalue weighted by Gasteiger charge is -2.02. The van der Waals surface area contributed by atoms with Crippen LogP contribution in [0.4, 0.5) is 0 Å². The van der Waals surface area contributed by atoms with Gasteiger partial charge in [-0.3, -0.25) is 0 Å². The van der Waals surface area contributed by atoms with Gasteiger partial charge in [0.1, 0.15) is 0 Å². The first kappa shape index (κ1) is 8.62. The van der Waals surface area contributed by atoms with E-state index in [0.717, 1.165) is 5.69 Å². The fourth-order valence-electron chi connectivity index (χ4n) is 1.80. The lowest BCUT2D eigenvalue weighted by Crippen LogP contribution is -1.79. The highest BCUT2D eigenvalue weighted by Crippen LogP contribution is 2.27. The first-order valence-electron chi connectivity index (χ1n) is 4.84. The summed E-state index contributed by atoms with van der Waals surface area (Å²) in [4.78, 5) is 0. The van der Waals surface area contributed by atoms with Crippen LogP contribution in [0.2, 0.25) is 0 Å². The summed E-state index contributed by atoms with van der Waals surface area (Å²) in [5.41, 5.74) is 2.28. The van der Waals surface area contributed by atoms with Gasteiger partial charge in [0.2, 0.25) is 0 Å². The predicted octanol–water partition coefficient (Wildman–Crippen LogP) is 3.96. The highest BCUT2D eigenvalue weighted by Gasteiger charge is 2.03. The van der Waals surface area contributed by atoms with Gasteiger partial charge in [-0.2, -0.15) is 4.37 Å². The Bertz CT molecular complexity index is 579. The number of nitrogens with zero attached hydrogens (tertiary/aromatic N) is 1. The van der Waals surface area contributed by atoms with Crippen LogP contribution in [0.5, 0.6) is 0 Å². The molecule has 0 radical (unpaired) electrons. The third kappa shape index (κ3) is 1.43.